The number of hydrogen-bond donors (Lipinski definition) is 0. The molecule has 0 saturated heterocycles. The molecule has 32 heavy (non-hydrogen) atoms. The number of oxime groups is 1. The van der Waals surface area contributed by atoms with E-state index in [1.807, 2.05) is 0 Å². The van der Waals surface area contributed by atoms with Crippen LogP contribution in [0.1, 0.15) is 24.0 Å². The molecule has 2 rings (SSSR count). The van der Waals surface area contributed by atoms with Gasteiger partial charge in [-0.1, -0.05) is 63.7 Å². The van der Waals surface area contributed by atoms with Crippen molar-refractivity contribution in [1.29, 1.82) is 0 Å². The Labute approximate surface area is 203 Å². The summed E-state index contributed by atoms with van der Waals surface area (Å²) in [5.74, 6) is 0.783. The molecule has 0 aliphatic heterocycles. The maximum absolute atomic E-state index is 12.5. The van der Waals surface area contributed by atoms with Crippen LogP contribution in [0.4, 0.5) is 13.2 Å². The number of nitrogens with zero attached hydrogens (tertiary/aromatic N) is 1. The van der Waals surface area contributed by atoms with Gasteiger partial charge in [0.05, 0.1) is 28.4 Å². The van der Waals surface area contributed by atoms with Gasteiger partial charge in [0.15, 0.2) is 5.75 Å². The zero-order chi connectivity index (χ0) is 23.6. The minimum Gasteiger partial charge on any atom is -0.490 e. The van der Waals surface area contributed by atoms with Crippen LogP contribution in [0.5, 0.6) is 11.5 Å². The van der Waals surface area contributed by atoms with Gasteiger partial charge in [0.25, 0.3) is 0 Å². The first-order valence-electron chi connectivity index (χ1n) is 9.25. The Hall–Kier alpha value is -1.80. The first kappa shape index (κ1) is 26.5. The van der Waals surface area contributed by atoms with E-state index in [0.717, 1.165) is 12.1 Å². The molecule has 0 unspecified atom stereocenters. The molecule has 4 nitrogen and oxygen atoms in total. The number of hydrogen-bond acceptors (Lipinski definition) is 4. The predicted molar refractivity (Wildman–Crippen MR) is 121 cm³/mol. The summed E-state index contributed by atoms with van der Waals surface area (Å²) in [7, 11) is 0. The lowest BCUT2D eigenvalue weighted by molar-refractivity contribution is -0.137. The predicted octanol–water partition coefficient (Wildman–Crippen LogP) is 7.92. The van der Waals surface area contributed by atoms with Crippen LogP contribution in [-0.4, -0.2) is 26.0 Å². The summed E-state index contributed by atoms with van der Waals surface area (Å²) < 4.78 is 48.7. The van der Waals surface area contributed by atoms with Gasteiger partial charge in [-0.3, -0.25) is 0 Å². The molecule has 0 aliphatic rings. The van der Waals surface area contributed by atoms with E-state index in [-0.39, 0.29) is 11.1 Å². The second kappa shape index (κ2) is 13.0. The molecule has 0 atom stereocenters. The van der Waals surface area contributed by atoms with Crippen LogP contribution < -0.4 is 9.47 Å². The summed E-state index contributed by atoms with van der Waals surface area (Å²) in [4.78, 5) is 5.10. The molecule has 0 saturated carbocycles. The third-order valence-electron chi connectivity index (χ3n) is 3.85. The van der Waals surface area contributed by atoms with Crippen molar-refractivity contribution in [1.82, 2.24) is 0 Å². The summed E-state index contributed by atoms with van der Waals surface area (Å²) in [5, 5.41) is 4.33. The van der Waals surface area contributed by atoms with E-state index in [9.17, 15) is 13.2 Å². The van der Waals surface area contributed by atoms with Crippen molar-refractivity contribution in [3.05, 3.63) is 68.1 Å². The van der Waals surface area contributed by atoms with Gasteiger partial charge < -0.3 is 14.3 Å². The SMILES string of the molecule is FC(F)(F)c1ccc(C=NOCCCCOc2c(Cl)cc(OCC=C(Cl)Cl)cc2Cl)cc1. The normalized spacial score (nSPS) is 11.5. The van der Waals surface area contributed by atoms with E-state index in [1.165, 1.54) is 24.4 Å². The highest BCUT2D eigenvalue weighted by Crippen LogP contribution is 2.37. The number of benzene rings is 2. The molecule has 0 bridgehead atoms. The fraction of sp³-hybridized carbons (Fsp3) is 0.286. The van der Waals surface area contributed by atoms with E-state index in [1.54, 1.807) is 12.1 Å². The van der Waals surface area contributed by atoms with Gasteiger partial charge >= 0.3 is 6.18 Å². The van der Waals surface area contributed by atoms with Gasteiger partial charge in [-0.05, 0) is 36.6 Å². The zero-order valence-electron chi connectivity index (χ0n) is 16.5. The third-order valence-corrected chi connectivity index (χ3v) is 4.72. The van der Waals surface area contributed by atoms with Crippen LogP contribution in [0, 0.1) is 0 Å². The fourth-order valence-electron chi connectivity index (χ4n) is 2.31. The van der Waals surface area contributed by atoms with Crippen LogP contribution in [0.2, 0.25) is 10.0 Å². The standard InChI is InChI=1S/C21H18Cl4F3NO3/c22-17-11-16(30-10-7-19(24)25)12-18(23)20(17)31-8-1-2-9-32-29-13-14-3-5-15(6-4-14)21(26,27)28/h3-7,11-13H,1-2,8-10H2. The van der Waals surface area contributed by atoms with Crippen LogP contribution >= 0.6 is 46.4 Å². The Kier molecular flexibility index (Phi) is 10.8. The van der Waals surface area contributed by atoms with Gasteiger partial charge in [-0.25, -0.2) is 0 Å². The fourth-order valence-corrected chi connectivity index (χ4v) is 3.01. The first-order chi connectivity index (χ1) is 15.2. The second-order valence-corrected chi connectivity index (χ2v) is 8.09. The van der Waals surface area contributed by atoms with Crippen molar-refractivity contribution in [2.75, 3.05) is 19.8 Å². The van der Waals surface area contributed by atoms with Gasteiger partial charge in [0.1, 0.15) is 23.5 Å². The monoisotopic (exact) mass is 529 g/mol. The topological polar surface area (TPSA) is 40.0 Å². The van der Waals surface area contributed by atoms with Gasteiger partial charge in [-0.15, -0.1) is 0 Å². The summed E-state index contributed by atoms with van der Waals surface area (Å²) in [6.45, 7) is 0.818. The summed E-state index contributed by atoms with van der Waals surface area (Å²) >= 11 is 23.4. The first-order valence-corrected chi connectivity index (χ1v) is 10.8. The molecule has 2 aromatic rings. The van der Waals surface area contributed by atoms with Crippen LogP contribution in [0.3, 0.4) is 0 Å². The lowest BCUT2D eigenvalue weighted by Gasteiger charge is -2.12. The molecule has 0 spiro atoms. The Bertz CT molecular complexity index is 908. The molecule has 11 heteroatoms. The smallest absolute Gasteiger partial charge is 0.416 e. The van der Waals surface area contributed by atoms with E-state index < -0.39 is 11.7 Å². The Morgan fingerprint density at radius 1 is 0.938 bits per heavy atom. The molecular formula is C21H18Cl4F3NO3. The minimum absolute atomic E-state index is 0.0939. The third kappa shape index (κ3) is 9.36. The van der Waals surface area contributed by atoms with E-state index >= 15 is 0 Å². The van der Waals surface area contributed by atoms with Crippen molar-refractivity contribution < 1.29 is 27.5 Å². The maximum atomic E-state index is 12.5. The zero-order valence-corrected chi connectivity index (χ0v) is 19.5. The average molecular weight is 531 g/mol. The molecule has 2 aromatic carbocycles. The van der Waals surface area contributed by atoms with Crippen molar-refractivity contribution in [2.24, 2.45) is 5.16 Å². The summed E-state index contributed by atoms with van der Waals surface area (Å²) in [6, 6.07) is 7.74. The average Bonchev–Trinajstić information content (AvgIpc) is 2.71. The van der Waals surface area contributed by atoms with E-state index in [4.69, 9.17) is 60.7 Å². The summed E-state index contributed by atoms with van der Waals surface area (Å²) in [6.07, 6.45) is -0.275. The second-order valence-electron chi connectivity index (χ2n) is 6.26. The highest BCUT2D eigenvalue weighted by atomic mass is 35.5. The molecule has 0 radical (unpaired) electrons. The lowest BCUT2D eigenvalue weighted by Crippen LogP contribution is -2.04. The van der Waals surface area contributed by atoms with Gasteiger partial charge in [0, 0.05) is 12.1 Å². The van der Waals surface area contributed by atoms with Crippen molar-refractivity contribution in [2.45, 2.75) is 19.0 Å². The minimum atomic E-state index is -4.37. The number of unbranched alkanes of at least 4 members (excludes halogenated alkanes) is 1. The molecule has 0 aromatic heterocycles. The van der Waals surface area contributed by atoms with Crippen LogP contribution in [0.15, 0.2) is 52.1 Å². The number of halogens is 7. The lowest BCUT2D eigenvalue weighted by atomic mass is 10.1. The van der Waals surface area contributed by atoms with Gasteiger partial charge in [0.2, 0.25) is 0 Å². The Morgan fingerprint density at radius 2 is 1.56 bits per heavy atom. The Balaban J connectivity index is 1.68. The van der Waals surface area contributed by atoms with Crippen LogP contribution in [-0.2, 0) is 11.0 Å². The molecule has 0 N–H and O–H groups in total. The molecule has 0 amide bonds. The molecule has 0 aliphatic carbocycles. The van der Waals surface area contributed by atoms with Crippen molar-refractivity contribution in [3.63, 3.8) is 0 Å². The van der Waals surface area contributed by atoms with Crippen LogP contribution in [0.25, 0.3) is 0 Å². The highest BCUT2D eigenvalue weighted by Gasteiger charge is 2.29. The quantitative estimate of drug-likeness (QED) is 0.168. The molecule has 0 heterocycles. The number of ether oxygens (including phenoxy) is 2. The largest absolute Gasteiger partial charge is 0.490 e. The summed E-state index contributed by atoms with van der Waals surface area (Å²) in [5.41, 5.74) is -0.217. The highest BCUT2D eigenvalue weighted by molar-refractivity contribution is 6.55. The van der Waals surface area contributed by atoms with E-state index in [2.05, 4.69) is 5.16 Å². The van der Waals surface area contributed by atoms with Gasteiger partial charge in [-0.2, -0.15) is 13.2 Å². The van der Waals surface area contributed by atoms with E-state index in [0.29, 0.717) is 53.2 Å². The molecule has 174 valence electrons. The maximum Gasteiger partial charge on any atom is 0.416 e. The van der Waals surface area contributed by atoms with Crippen molar-refractivity contribution in [3.8, 4) is 11.5 Å². The Morgan fingerprint density at radius 3 is 2.16 bits per heavy atom. The molecular weight excluding hydrogens is 513 g/mol. The van der Waals surface area contributed by atoms with Crippen molar-refractivity contribution >= 4 is 52.6 Å². The molecule has 0 fully saturated rings. The number of alkyl halides is 3. The number of rotatable bonds is 11.